The van der Waals surface area contributed by atoms with Crippen LogP contribution in [-0.4, -0.2) is 18.5 Å². The molecular formula is C9H17OP. The zero-order valence-electron chi connectivity index (χ0n) is 7.47. The summed E-state index contributed by atoms with van der Waals surface area (Å²) < 4.78 is 11.9. The molecule has 0 aromatic heterocycles. The molecule has 2 heteroatoms. The minimum Gasteiger partial charge on any atom is -0.323 e. The third-order valence-electron chi connectivity index (χ3n) is 2.23. The van der Waals surface area contributed by atoms with Gasteiger partial charge in [-0.05, 0) is 13.3 Å². The van der Waals surface area contributed by atoms with Gasteiger partial charge in [0, 0.05) is 18.5 Å². The molecule has 0 aliphatic carbocycles. The normalized spacial score (nSPS) is 30.5. The summed E-state index contributed by atoms with van der Waals surface area (Å²) in [4.78, 5) is 0. The van der Waals surface area contributed by atoms with Crippen molar-refractivity contribution in [1.82, 2.24) is 0 Å². The van der Waals surface area contributed by atoms with Gasteiger partial charge in [-0.2, -0.15) is 0 Å². The molecule has 0 fully saturated rings. The summed E-state index contributed by atoms with van der Waals surface area (Å²) in [5, 5.41) is 0. The number of allylic oxidation sites excluding steroid dienone is 2. The predicted molar refractivity (Wildman–Crippen MR) is 50.9 cm³/mol. The number of hydrogen-bond donors (Lipinski definition) is 0. The molecule has 0 N–H and O–H groups in total. The van der Waals surface area contributed by atoms with Crippen molar-refractivity contribution in [2.24, 2.45) is 0 Å². The molecule has 64 valence electrons. The maximum Gasteiger partial charge on any atom is 0.0951 e. The monoisotopic (exact) mass is 172 g/mol. The molecule has 0 radical (unpaired) electrons. The van der Waals surface area contributed by atoms with Gasteiger partial charge in [-0.25, -0.2) is 0 Å². The molecule has 0 bridgehead atoms. The van der Waals surface area contributed by atoms with Crippen molar-refractivity contribution < 1.29 is 4.57 Å². The van der Waals surface area contributed by atoms with E-state index in [0.29, 0.717) is 0 Å². The van der Waals surface area contributed by atoms with E-state index in [1.807, 2.05) is 0 Å². The van der Waals surface area contributed by atoms with Crippen LogP contribution in [0.15, 0.2) is 11.6 Å². The Balaban J connectivity index is 2.40. The summed E-state index contributed by atoms with van der Waals surface area (Å²) in [6.07, 6.45) is 7.20. The van der Waals surface area contributed by atoms with Gasteiger partial charge in [0.15, 0.2) is 0 Å². The zero-order valence-corrected chi connectivity index (χ0v) is 8.36. The molecule has 1 unspecified atom stereocenters. The van der Waals surface area contributed by atoms with E-state index in [1.165, 1.54) is 12.0 Å². The van der Waals surface area contributed by atoms with Crippen LogP contribution in [0.1, 0.15) is 26.7 Å². The summed E-state index contributed by atoms with van der Waals surface area (Å²) in [5.41, 5.74) is 1.34. The van der Waals surface area contributed by atoms with Crippen molar-refractivity contribution in [2.75, 3.05) is 18.5 Å². The Morgan fingerprint density at radius 3 is 2.82 bits per heavy atom. The van der Waals surface area contributed by atoms with Gasteiger partial charge < -0.3 is 4.57 Å². The first-order valence-corrected chi connectivity index (χ1v) is 6.65. The van der Waals surface area contributed by atoms with Crippen LogP contribution in [0.3, 0.4) is 0 Å². The Hall–Kier alpha value is -0.0300. The fraction of sp³-hybridized carbons (Fsp3) is 0.778. The van der Waals surface area contributed by atoms with Crippen LogP contribution in [-0.2, 0) is 4.57 Å². The van der Waals surface area contributed by atoms with Crippen LogP contribution in [0.5, 0.6) is 0 Å². The van der Waals surface area contributed by atoms with E-state index in [4.69, 9.17) is 0 Å². The Morgan fingerprint density at radius 1 is 1.64 bits per heavy atom. The SMILES string of the molecule is CCCCP1(=O)CC=C(C)C1. The van der Waals surface area contributed by atoms with Crippen molar-refractivity contribution in [3.8, 4) is 0 Å². The molecule has 1 rings (SSSR count). The lowest BCUT2D eigenvalue weighted by Gasteiger charge is -2.09. The van der Waals surface area contributed by atoms with Gasteiger partial charge in [-0.1, -0.05) is 25.0 Å². The van der Waals surface area contributed by atoms with Crippen LogP contribution in [0.25, 0.3) is 0 Å². The van der Waals surface area contributed by atoms with Crippen LogP contribution < -0.4 is 0 Å². The van der Waals surface area contributed by atoms with Gasteiger partial charge in [0.2, 0.25) is 0 Å². The van der Waals surface area contributed by atoms with Gasteiger partial charge in [-0.3, -0.25) is 0 Å². The third kappa shape index (κ3) is 2.48. The highest BCUT2D eigenvalue weighted by Gasteiger charge is 2.24. The van der Waals surface area contributed by atoms with Gasteiger partial charge in [-0.15, -0.1) is 0 Å². The summed E-state index contributed by atoms with van der Waals surface area (Å²) in [6.45, 7) is 4.24. The fourth-order valence-electron chi connectivity index (χ4n) is 1.52. The van der Waals surface area contributed by atoms with Crippen molar-refractivity contribution >= 4 is 7.14 Å². The maximum atomic E-state index is 11.9. The maximum absolute atomic E-state index is 11.9. The summed E-state index contributed by atoms with van der Waals surface area (Å²) >= 11 is 0. The lowest BCUT2D eigenvalue weighted by molar-refractivity contribution is 0.577. The van der Waals surface area contributed by atoms with Gasteiger partial charge in [0.05, 0.1) is 7.14 Å². The lowest BCUT2D eigenvalue weighted by atomic mass is 10.3. The second kappa shape index (κ2) is 3.58. The fourth-order valence-corrected chi connectivity index (χ4v) is 4.57. The van der Waals surface area contributed by atoms with Gasteiger partial charge >= 0.3 is 0 Å². The molecule has 1 nitrogen and oxygen atoms in total. The number of hydrogen-bond acceptors (Lipinski definition) is 1. The number of rotatable bonds is 3. The second-order valence-electron chi connectivity index (χ2n) is 3.53. The Bertz CT molecular complexity index is 206. The molecule has 0 saturated heterocycles. The molecule has 1 atom stereocenters. The third-order valence-corrected chi connectivity index (χ3v) is 5.28. The lowest BCUT2D eigenvalue weighted by Crippen LogP contribution is -1.92. The molecule has 1 aliphatic heterocycles. The average molecular weight is 172 g/mol. The first-order valence-electron chi connectivity index (χ1n) is 4.39. The van der Waals surface area contributed by atoms with E-state index in [-0.39, 0.29) is 0 Å². The minimum atomic E-state index is -1.74. The Labute approximate surface area is 69.3 Å². The smallest absolute Gasteiger partial charge is 0.0951 e. The summed E-state index contributed by atoms with van der Waals surface area (Å²) in [5.74, 6) is 0. The second-order valence-corrected chi connectivity index (χ2v) is 6.77. The van der Waals surface area contributed by atoms with E-state index in [9.17, 15) is 4.57 Å². The molecule has 1 heterocycles. The standard InChI is InChI=1S/C9H17OP/c1-3-4-6-11(10)7-5-9(2)8-11/h5H,3-4,6-8H2,1-2H3. The molecule has 0 saturated carbocycles. The van der Waals surface area contributed by atoms with Crippen LogP contribution in [0.2, 0.25) is 0 Å². The zero-order chi connectivity index (χ0) is 8.32. The molecular weight excluding hydrogens is 155 g/mol. The molecule has 1 aliphatic rings. The molecule has 0 aromatic carbocycles. The Morgan fingerprint density at radius 2 is 2.36 bits per heavy atom. The summed E-state index contributed by atoms with van der Waals surface area (Å²) in [6, 6.07) is 0. The van der Waals surface area contributed by atoms with Crippen molar-refractivity contribution in [3.05, 3.63) is 11.6 Å². The van der Waals surface area contributed by atoms with E-state index in [2.05, 4.69) is 19.9 Å². The van der Waals surface area contributed by atoms with E-state index in [1.54, 1.807) is 0 Å². The Kier molecular flexibility index (Phi) is 2.95. The minimum absolute atomic E-state index is 0.874. The molecule has 0 amide bonds. The van der Waals surface area contributed by atoms with Gasteiger partial charge in [0.1, 0.15) is 0 Å². The van der Waals surface area contributed by atoms with E-state index in [0.717, 1.165) is 24.9 Å². The highest BCUT2D eigenvalue weighted by molar-refractivity contribution is 7.64. The largest absolute Gasteiger partial charge is 0.323 e. The van der Waals surface area contributed by atoms with Crippen LogP contribution >= 0.6 is 7.14 Å². The van der Waals surface area contributed by atoms with Crippen molar-refractivity contribution in [2.45, 2.75) is 26.7 Å². The van der Waals surface area contributed by atoms with Crippen LogP contribution in [0, 0.1) is 0 Å². The molecule has 0 aromatic rings. The topological polar surface area (TPSA) is 17.1 Å². The highest BCUT2D eigenvalue weighted by atomic mass is 31.2. The van der Waals surface area contributed by atoms with E-state index < -0.39 is 7.14 Å². The quantitative estimate of drug-likeness (QED) is 0.472. The molecule has 0 spiro atoms. The average Bonchev–Trinajstić information content (AvgIpc) is 2.28. The molecule has 11 heavy (non-hydrogen) atoms. The number of unbranched alkanes of at least 4 members (excludes halogenated alkanes) is 1. The predicted octanol–water partition coefficient (Wildman–Crippen LogP) is 3.11. The van der Waals surface area contributed by atoms with Gasteiger partial charge in [0.25, 0.3) is 0 Å². The van der Waals surface area contributed by atoms with Crippen molar-refractivity contribution in [3.63, 3.8) is 0 Å². The van der Waals surface area contributed by atoms with E-state index >= 15 is 0 Å². The first kappa shape index (κ1) is 9.06. The first-order chi connectivity index (χ1) is 5.16. The van der Waals surface area contributed by atoms with Crippen molar-refractivity contribution in [1.29, 1.82) is 0 Å². The van der Waals surface area contributed by atoms with Crippen LogP contribution in [0.4, 0.5) is 0 Å². The highest BCUT2D eigenvalue weighted by Crippen LogP contribution is 2.51. The summed E-state index contributed by atoms with van der Waals surface area (Å²) in [7, 11) is -1.74.